The first-order valence-electron chi connectivity index (χ1n) is 4.19. The van der Waals surface area contributed by atoms with Gasteiger partial charge in [-0.2, -0.15) is 0 Å². The number of rotatable bonds is 3. The van der Waals surface area contributed by atoms with Crippen molar-refractivity contribution in [1.29, 1.82) is 0 Å². The largest absolute Gasteiger partial charge is 0.338 e. The highest BCUT2D eigenvalue weighted by Gasteiger charge is 2.28. The second-order valence-electron chi connectivity index (χ2n) is 3.58. The van der Waals surface area contributed by atoms with E-state index >= 15 is 0 Å². The molecule has 0 N–H and O–H groups in total. The zero-order chi connectivity index (χ0) is 9.14. The van der Waals surface area contributed by atoms with Crippen LogP contribution in [-0.2, 0) is 4.79 Å². The van der Waals surface area contributed by atoms with E-state index in [1.165, 1.54) is 6.08 Å². The number of likely N-dealkylation sites (tertiary alicyclic amines) is 1. The fourth-order valence-electron chi connectivity index (χ4n) is 1.51. The van der Waals surface area contributed by atoms with Crippen LogP contribution >= 0.6 is 0 Å². The Hall–Kier alpha value is -0.830. The Morgan fingerprint density at radius 2 is 2.25 bits per heavy atom. The van der Waals surface area contributed by atoms with Crippen molar-refractivity contribution in [2.75, 3.05) is 33.7 Å². The van der Waals surface area contributed by atoms with Crippen LogP contribution in [0.5, 0.6) is 0 Å². The molecule has 0 aromatic carbocycles. The highest BCUT2D eigenvalue weighted by Crippen LogP contribution is 2.15. The van der Waals surface area contributed by atoms with Gasteiger partial charge in [-0.3, -0.25) is 4.79 Å². The van der Waals surface area contributed by atoms with Crippen molar-refractivity contribution in [3.63, 3.8) is 0 Å². The van der Waals surface area contributed by atoms with E-state index in [0.29, 0.717) is 5.92 Å². The highest BCUT2D eigenvalue weighted by molar-refractivity contribution is 5.87. The van der Waals surface area contributed by atoms with Gasteiger partial charge in [-0.15, -0.1) is 0 Å². The Balaban J connectivity index is 2.19. The summed E-state index contributed by atoms with van der Waals surface area (Å²) in [5, 5.41) is 0. The van der Waals surface area contributed by atoms with Crippen LogP contribution in [0.1, 0.15) is 0 Å². The van der Waals surface area contributed by atoms with Gasteiger partial charge in [-0.1, -0.05) is 6.58 Å². The molecule has 0 aromatic rings. The minimum atomic E-state index is 0.0602. The van der Waals surface area contributed by atoms with Crippen LogP contribution in [0.3, 0.4) is 0 Å². The van der Waals surface area contributed by atoms with Gasteiger partial charge >= 0.3 is 0 Å². The number of carbonyl (C=O) groups is 1. The van der Waals surface area contributed by atoms with E-state index in [0.717, 1.165) is 19.6 Å². The van der Waals surface area contributed by atoms with Crippen LogP contribution in [-0.4, -0.2) is 49.4 Å². The van der Waals surface area contributed by atoms with E-state index in [1.807, 2.05) is 4.90 Å². The van der Waals surface area contributed by atoms with Gasteiger partial charge < -0.3 is 9.80 Å². The van der Waals surface area contributed by atoms with Crippen molar-refractivity contribution in [2.45, 2.75) is 0 Å². The van der Waals surface area contributed by atoms with Crippen LogP contribution in [0.4, 0.5) is 0 Å². The summed E-state index contributed by atoms with van der Waals surface area (Å²) >= 11 is 0. The summed E-state index contributed by atoms with van der Waals surface area (Å²) in [6.07, 6.45) is 1.38. The zero-order valence-corrected chi connectivity index (χ0v) is 7.79. The molecule has 1 heterocycles. The first-order valence-corrected chi connectivity index (χ1v) is 4.19. The average Bonchev–Trinajstić information content (AvgIpc) is 1.94. The van der Waals surface area contributed by atoms with Gasteiger partial charge in [0.2, 0.25) is 5.91 Å². The summed E-state index contributed by atoms with van der Waals surface area (Å²) in [6.45, 7) is 6.30. The molecule has 0 aliphatic carbocycles. The lowest BCUT2D eigenvalue weighted by atomic mass is 10.00. The normalized spacial score (nSPS) is 17.8. The Morgan fingerprint density at radius 3 is 2.67 bits per heavy atom. The predicted octanol–water partition coefficient (Wildman–Crippen LogP) is 0.192. The molecule has 1 saturated heterocycles. The molecule has 3 nitrogen and oxygen atoms in total. The maximum absolute atomic E-state index is 11.0. The Labute approximate surface area is 73.6 Å². The van der Waals surface area contributed by atoms with Gasteiger partial charge in [0.15, 0.2) is 0 Å². The molecular formula is C9H16N2O. The average molecular weight is 168 g/mol. The fraction of sp³-hybridized carbons (Fsp3) is 0.667. The first kappa shape index (κ1) is 9.26. The molecule has 0 bridgehead atoms. The fourth-order valence-corrected chi connectivity index (χ4v) is 1.51. The topological polar surface area (TPSA) is 23.6 Å². The second-order valence-corrected chi connectivity index (χ2v) is 3.58. The summed E-state index contributed by atoms with van der Waals surface area (Å²) in [6, 6.07) is 0. The summed E-state index contributed by atoms with van der Waals surface area (Å²) in [7, 11) is 4.11. The van der Waals surface area contributed by atoms with E-state index in [9.17, 15) is 4.79 Å². The van der Waals surface area contributed by atoms with Crippen LogP contribution in [0.25, 0.3) is 0 Å². The van der Waals surface area contributed by atoms with Crippen LogP contribution in [0, 0.1) is 5.92 Å². The minimum Gasteiger partial charge on any atom is -0.338 e. The maximum Gasteiger partial charge on any atom is 0.245 e. The zero-order valence-electron chi connectivity index (χ0n) is 7.79. The molecule has 12 heavy (non-hydrogen) atoms. The molecule has 0 atom stereocenters. The van der Waals surface area contributed by atoms with E-state index in [1.54, 1.807) is 0 Å². The van der Waals surface area contributed by atoms with E-state index < -0.39 is 0 Å². The molecular weight excluding hydrogens is 152 g/mol. The molecule has 1 fully saturated rings. The van der Waals surface area contributed by atoms with Gasteiger partial charge in [-0.25, -0.2) is 0 Å². The molecule has 0 aromatic heterocycles. The van der Waals surface area contributed by atoms with Gasteiger partial charge in [0.1, 0.15) is 0 Å². The first-order chi connectivity index (χ1) is 5.63. The monoisotopic (exact) mass is 168 g/mol. The van der Waals surface area contributed by atoms with E-state index in [2.05, 4.69) is 25.6 Å². The van der Waals surface area contributed by atoms with Crippen LogP contribution in [0.2, 0.25) is 0 Å². The maximum atomic E-state index is 11.0. The van der Waals surface area contributed by atoms with Crippen LogP contribution < -0.4 is 0 Å². The Morgan fingerprint density at radius 1 is 1.67 bits per heavy atom. The number of hydrogen-bond acceptors (Lipinski definition) is 2. The molecule has 1 amide bonds. The highest BCUT2D eigenvalue weighted by atomic mass is 16.2. The van der Waals surface area contributed by atoms with Crippen molar-refractivity contribution in [3.05, 3.63) is 12.7 Å². The summed E-state index contributed by atoms with van der Waals surface area (Å²) in [5.41, 5.74) is 0. The minimum absolute atomic E-state index is 0.0602. The summed E-state index contributed by atoms with van der Waals surface area (Å²) in [5.74, 6) is 0.717. The lowest BCUT2D eigenvalue weighted by Crippen LogP contribution is -2.52. The molecule has 0 radical (unpaired) electrons. The Bertz CT molecular complexity index is 183. The van der Waals surface area contributed by atoms with Crippen LogP contribution in [0.15, 0.2) is 12.7 Å². The molecule has 3 heteroatoms. The van der Waals surface area contributed by atoms with E-state index in [4.69, 9.17) is 0 Å². The summed E-state index contributed by atoms with van der Waals surface area (Å²) in [4.78, 5) is 15.0. The SMILES string of the molecule is C=CC(=O)N1CC(CN(C)C)C1. The van der Waals surface area contributed by atoms with Gasteiger partial charge in [-0.05, 0) is 20.2 Å². The number of amides is 1. The van der Waals surface area contributed by atoms with Crippen molar-refractivity contribution >= 4 is 5.91 Å². The van der Waals surface area contributed by atoms with E-state index in [-0.39, 0.29) is 5.91 Å². The number of nitrogens with zero attached hydrogens (tertiary/aromatic N) is 2. The third-order valence-electron chi connectivity index (χ3n) is 2.07. The Kier molecular flexibility index (Phi) is 2.87. The molecule has 0 unspecified atom stereocenters. The standard InChI is InChI=1S/C9H16N2O/c1-4-9(12)11-6-8(7-11)5-10(2)3/h4,8H,1,5-7H2,2-3H3. The predicted molar refractivity (Wildman–Crippen MR) is 48.8 cm³/mol. The van der Waals surface area contributed by atoms with Crippen molar-refractivity contribution in [1.82, 2.24) is 9.80 Å². The number of carbonyl (C=O) groups excluding carboxylic acids is 1. The van der Waals surface area contributed by atoms with Gasteiger partial charge in [0, 0.05) is 25.6 Å². The third-order valence-corrected chi connectivity index (χ3v) is 2.07. The lowest BCUT2D eigenvalue weighted by Gasteiger charge is -2.39. The second kappa shape index (κ2) is 3.72. The van der Waals surface area contributed by atoms with Gasteiger partial charge in [0.25, 0.3) is 0 Å². The molecule has 1 aliphatic heterocycles. The lowest BCUT2D eigenvalue weighted by molar-refractivity contribution is -0.132. The molecule has 0 saturated carbocycles. The molecule has 0 spiro atoms. The van der Waals surface area contributed by atoms with Gasteiger partial charge in [0.05, 0.1) is 0 Å². The quantitative estimate of drug-likeness (QED) is 0.562. The molecule has 1 rings (SSSR count). The molecule has 1 aliphatic rings. The third kappa shape index (κ3) is 2.08. The smallest absolute Gasteiger partial charge is 0.245 e. The summed E-state index contributed by atoms with van der Waals surface area (Å²) < 4.78 is 0. The van der Waals surface area contributed by atoms with Crippen molar-refractivity contribution in [2.24, 2.45) is 5.92 Å². The van der Waals surface area contributed by atoms with Crippen molar-refractivity contribution < 1.29 is 4.79 Å². The van der Waals surface area contributed by atoms with Crippen molar-refractivity contribution in [3.8, 4) is 0 Å². The molecule has 68 valence electrons. The number of hydrogen-bond donors (Lipinski definition) is 0.